The molecule has 0 spiro atoms. The van der Waals surface area contributed by atoms with Gasteiger partial charge in [0.2, 0.25) is 0 Å². The standard InChI is InChI=1S/C23H25N5O4S/c1-14(2)31-10-4-9-28-21(18(11-24)20-22(28)23(33)26-13-25-20)16-5-7-17(8-6-16)27-19(30)12-32-15(3)29/h5-8,13-14H,4,9-10,12H2,1-3H3,(H,27,30)(H,25,26,33). The van der Waals surface area contributed by atoms with Crippen molar-refractivity contribution in [1.82, 2.24) is 14.5 Å². The van der Waals surface area contributed by atoms with Gasteiger partial charge >= 0.3 is 5.97 Å². The number of fused-ring (bicyclic) bond motifs is 1. The number of anilines is 1. The van der Waals surface area contributed by atoms with Gasteiger partial charge in [-0.1, -0.05) is 24.4 Å². The molecule has 0 unspecified atom stereocenters. The quantitative estimate of drug-likeness (QED) is 0.278. The van der Waals surface area contributed by atoms with Crippen molar-refractivity contribution in [3.63, 3.8) is 0 Å². The molecule has 2 aromatic heterocycles. The molecule has 0 saturated heterocycles. The van der Waals surface area contributed by atoms with Crippen molar-refractivity contribution in [2.45, 2.75) is 39.8 Å². The Labute approximate surface area is 196 Å². The first kappa shape index (κ1) is 24.1. The Balaban J connectivity index is 1.96. The Morgan fingerprint density at radius 2 is 2.03 bits per heavy atom. The van der Waals surface area contributed by atoms with Gasteiger partial charge in [-0.2, -0.15) is 5.26 Å². The van der Waals surface area contributed by atoms with E-state index in [1.54, 1.807) is 12.1 Å². The minimum Gasteiger partial charge on any atom is -0.456 e. The molecule has 0 radical (unpaired) electrons. The molecule has 0 fully saturated rings. The van der Waals surface area contributed by atoms with Crippen LogP contribution in [0.15, 0.2) is 30.6 Å². The first-order valence-electron chi connectivity index (χ1n) is 10.5. The lowest BCUT2D eigenvalue weighted by atomic mass is 10.1. The molecule has 0 saturated carbocycles. The van der Waals surface area contributed by atoms with Gasteiger partial charge in [-0.05, 0) is 38.0 Å². The number of aromatic amines is 1. The molecule has 3 rings (SSSR count). The highest BCUT2D eigenvalue weighted by atomic mass is 32.1. The van der Waals surface area contributed by atoms with Gasteiger partial charge in [0.1, 0.15) is 17.1 Å². The number of rotatable bonds is 9. The maximum absolute atomic E-state index is 11.9. The number of aryl methyl sites for hydroxylation is 1. The number of hydrogen-bond donors (Lipinski definition) is 2. The highest BCUT2D eigenvalue weighted by Crippen LogP contribution is 2.33. The van der Waals surface area contributed by atoms with E-state index < -0.39 is 11.9 Å². The van der Waals surface area contributed by atoms with Gasteiger partial charge in [-0.15, -0.1) is 0 Å². The summed E-state index contributed by atoms with van der Waals surface area (Å²) < 4.78 is 12.8. The summed E-state index contributed by atoms with van der Waals surface area (Å²) in [5.74, 6) is -0.963. The van der Waals surface area contributed by atoms with Crippen LogP contribution in [0.2, 0.25) is 0 Å². The molecule has 0 aliphatic heterocycles. The highest BCUT2D eigenvalue weighted by Gasteiger charge is 2.20. The predicted molar refractivity (Wildman–Crippen MR) is 126 cm³/mol. The molecule has 3 aromatic rings. The fourth-order valence-electron chi connectivity index (χ4n) is 3.45. The first-order chi connectivity index (χ1) is 15.8. The third kappa shape index (κ3) is 5.83. The summed E-state index contributed by atoms with van der Waals surface area (Å²) >= 11 is 5.47. The maximum Gasteiger partial charge on any atom is 0.303 e. The molecule has 0 aliphatic rings. The van der Waals surface area contributed by atoms with Crippen LogP contribution in [0, 0.1) is 16.0 Å². The van der Waals surface area contributed by atoms with Gasteiger partial charge in [0.05, 0.1) is 23.6 Å². The van der Waals surface area contributed by atoms with Crippen LogP contribution in [0.5, 0.6) is 0 Å². The molecule has 0 bridgehead atoms. The van der Waals surface area contributed by atoms with Crippen LogP contribution < -0.4 is 5.32 Å². The number of amides is 1. The summed E-state index contributed by atoms with van der Waals surface area (Å²) in [6.45, 7) is 6.01. The van der Waals surface area contributed by atoms with E-state index in [1.165, 1.54) is 13.3 Å². The fourth-order valence-corrected chi connectivity index (χ4v) is 3.71. The number of H-pyrrole nitrogens is 1. The molecule has 1 amide bonds. The highest BCUT2D eigenvalue weighted by molar-refractivity contribution is 7.71. The topological polar surface area (TPSA) is 122 Å². The second-order valence-corrected chi connectivity index (χ2v) is 7.98. The fraction of sp³-hybridized carbons (Fsp3) is 0.348. The normalized spacial score (nSPS) is 10.9. The SMILES string of the molecule is CC(=O)OCC(=O)Nc1ccc(-c2c(C#N)c3[nH]cnc(=S)c3n2CCCOC(C)C)cc1. The number of carbonyl (C=O) groups excluding carboxylic acids is 2. The van der Waals surface area contributed by atoms with E-state index in [4.69, 9.17) is 21.7 Å². The Morgan fingerprint density at radius 3 is 2.67 bits per heavy atom. The van der Waals surface area contributed by atoms with Gasteiger partial charge < -0.3 is 24.3 Å². The molecular formula is C23H25N5O4S. The van der Waals surface area contributed by atoms with E-state index in [0.29, 0.717) is 45.8 Å². The van der Waals surface area contributed by atoms with E-state index in [0.717, 1.165) is 12.0 Å². The summed E-state index contributed by atoms with van der Waals surface area (Å²) in [6, 6.07) is 9.37. The number of esters is 1. The third-order valence-electron chi connectivity index (χ3n) is 4.79. The zero-order valence-electron chi connectivity index (χ0n) is 18.7. The zero-order valence-corrected chi connectivity index (χ0v) is 19.5. The predicted octanol–water partition coefficient (Wildman–Crippen LogP) is 3.95. The van der Waals surface area contributed by atoms with Gasteiger partial charge in [0.15, 0.2) is 11.2 Å². The summed E-state index contributed by atoms with van der Waals surface area (Å²) in [6.07, 6.45) is 2.35. The molecule has 9 nitrogen and oxygen atoms in total. The van der Waals surface area contributed by atoms with E-state index in [2.05, 4.69) is 21.4 Å². The van der Waals surface area contributed by atoms with Crippen LogP contribution in [0.25, 0.3) is 22.3 Å². The van der Waals surface area contributed by atoms with Gasteiger partial charge in [0.25, 0.3) is 5.91 Å². The number of benzene rings is 1. The average Bonchev–Trinajstić information content (AvgIpc) is 3.10. The van der Waals surface area contributed by atoms with Crippen molar-refractivity contribution in [2.24, 2.45) is 0 Å². The monoisotopic (exact) mass is 467 g/mol. The average molecular weight is 468 g/mol. The largest absolute Gasteiger partial charge is 0.456 e. The second-order valence-electron chi connectivity index (χ2n) is 7.60. The van der Waals surface area contributed by atoms with Crippen molar-refractivity contribution in [1.29, 1.82) is 5.26 Å². The van der Waals surface area contributed by atoms with Crippen LogP contribution >= 0.6 is 12.2 Å². The molecule has 0 aliphatic carbocycles. The number of hydrogen-bond acceptors (Lipinski definition) is 7. The summed E-state index contributed by atoms with van der Waals surface area (Å²) in [4.78, 5) is 30.0. The minimum atomic E-state index is -0.524. The molecule has 2 heterocycles. The van der Waals surface area contributed by atoms with Crippen molar-refractivity contribution in [3.8, 4) is 17.3 Å². The van der Waals surface area contributed by atoms with E-state index in [1.807, 2.05) is 30.5 Å². The Kier molecular flexibility index (Phi) is 7.92. The Morgan fingerprint density at radius 1 is 1.30 bits per heavy atom. The zero-order chi connectivity index (χ0) is 24.0. The van der Waals surface area contributed by atoms with Gasteiger partial charge in [-0.25, -0.2) is 4.98 Å². The molecule has 10 heteroatoms. The van der Waals surface area contributed by atoms with Crippen LogP contribution in [-0.2, 0) is 25.6 Å². The van der Waals surface area contributed by atoms with Crippen LogP contribution in [-0.4, -0.2) is 45.7 Å². The van der Waals surface area contributed by atoms with Gasteiger partial charge in [-0.3, -0.25) is 9.59 Å². The smallest absolute Gasteiger partial charge is 0.303 e. The Bertz CT molecular complexity index is 1250. The maximum atomic E-state index is 11.9. The third-order valence-corrected chi connectivity index (χ3v) is 5.09. The summed E-state index contributed by atoms with van der Waals surface area (Å²) in [5.41, 5.74) is 3.84. The summed E-state index contributed by atoms with van der Waals surface area (Å²) in [5, 5.41) is 12.6. The Hall–Kier alpha value is -3.55. The van der Waals surface area contributed by atoms with Crippen molar-refractivity contribution >= 4 is 40.8 Å². The van der Waals surface area contributed by atoms with E-state index in [-0.39, 0.29) is 12.7 Å². The van der Waals surface area contributed by atoms with Crippen LogP contribution in [0.1, 0.15) is 32.8 Å². The van der Waals surface area contributed by atoms with Crippen molar-refractivity contribution in [3.05, 3.63) is 40.8 Å². The minimum absolute atomic E-state index is 0.133. The number of ether oxygens (including phenoxy) is 2. The number of carbonyl (C=O) groups is 2. The summed E-state index contributed by atoms with van der Waals surface area (Å²) in [7, 11) is 0. The molecule has 2 N–H and O–H groups in total. The molecular weight excluding hydrogens is 442 g/mol. The molecule has 0 atom stereocenters. The van der Waals surface area contributed by atoms with Gasteiger partial charge in [0, 0.05) is 25.8 Å². The molecule has 33 heavy (non-hydrogen) atoms. The molecule has 1 aromatic carbocycles. The lowest BCUT2D eigenvalue weighted by Crippen LogP contribution is -2.19. The number of aromatic nitrogens is 3. The van der Waals surface area contributed by atoms with Crippen LogP contribution in [0.4, 0.5) is 5.69 Å². The van der Waals surface area contributed by atoms with E-state index >= 15 is 0 Å². The molecule has 172 valence electrons. The lowest BCUT2D eigenvalue weighted by Gasteiger charge is -2.13. The number of nitrogens with zero attached hydrogens (tertiary/aromatic N) is 3. The number of nitrogens with one attached hydrogen (secondary N) is 2. The second kappa shape index (κ2) is 10.8. The van der Waals surface area contributed by atoms with Crippen molar-refractivity contribution < 1.29 is 19.1 Å². The van der Waals surface area contributed by atoms with E-state index in [9.17, 15) is 14.9 Å². The number of nitriles is 1. The van der Waals surface area contributed by atoms with Crippen molar-refractivity contribution in [2.75, 3.05) is 18.5 Å². The lowest BCUT2D eigenvalue weighted by molar-refractivity contribution is -0.144. The first-order valence-corrected chi connectivity index (χ1v) is 10.9. The van der Waals surface area contributed by atoms with Crippen LogP contribution in [0.3, 0.4) is 0 Å².